The number of hydrogen-bond donors (Lipinski definition) is 2. The Morgan fingerprint density at radius 3 is 2.00 bits per heavy atom. The molecule has 0 aliphatic carbocycles. The topological polar surface area (TPSA) is 24.7 Å². The molecule has 112 valence electrons. The Balaban J connectivity index is 2.34. The third kappa shape index (κ3) is 3.93. The van der Waals surface area contributed by atoms with Gasteiger partial charge in [-0.2, -0.15) is 0 Å². The van der Waals surface area contributed by atoms with Gasteiger partial charge in [0.1, 0.15) is 5.60 Å². The van der Waals surface area contributed by atoms with Gasteiger partial charge in [-0.3, -0.25) is 0 Å². The Bertz CT molecular complexity index is 538. The molecule has 2 N–H and O–H groups in total. The summed E-state index contributed by atoms with van der Waals surface area (Å²) in [5.41, 5.74) is 1.34. The van der Waals surface area contributed by atoms with Crippen molar-refractivity contribution >= 4 is 0 Å². The highest BCUT2D eigenvalue weighted by Gasteiger charge is 2.37. The molecule has 0 aliphatic heterocycles. The van der Waals surface area contributed by atoms with Gasteiger partial charge in [-0.15, -0.1) is 0 Å². The van der Waals surface area contributed by atoms with E-state index >= 15 is 0 Å². The van der Waals surface area contributed by atoms with Crippen LogP contribution in [0.5, 0.6) is 0 Å². The number of rotatable bonds is 6. The van der Waals surface area contributed by atoms with Crippen molar-refractivity contribution in [2.24, 2.45) is 5.92 Å². The lowest BCUT2D eigenvalue weighted by Crippen LogP contribution is -3.06. The second kappa shape index (κ2) is 6.88. The van der Waals surface area contributed by atoms with E-state index in [2.05, 4.69) is 33.2 Å². The van der Waals surface area contributed by atoms with E-state index in [1.54, 1.807) is 0 Å². The fraction of sp³-hybridized carbons (Fsp3) is 0.368. The first-order valence-electron chi connectivity index (χ1n) is 7.63. The summed E-state index contributed by atoms with van der Waals surface area (Å²) < 4.78 is 0. The van der Waals surface area contributed by atoms with Gasteiger partial charge in [0.25, 0.3) is 0 Å². The molecule has 0 aromatic heterocycles. The van der Waals surface area contributed by atoms with Crippen LogP contribution < -0.4 is 4.90 Å². The van der Waals surface area contributed by atoms with Crippen molar-refractivity contribution < 1.29 is 10.0 Å². The minimum atomic E-state index is -0.833. The molecule has 0 aliphatic rings. The summed E-state index contributed by atoms with van der Waals surface area (Å²) >= 11 is 0. The SMILES string of the molecule is C[C@H](C[NH+](C)C)[C@](O)(Cc1ccccc1)c1ccccc1. The standard InChI is InChI=1S/C19H25NO/c1-16(15-20(2)3)19(21,18-12-8-5-9-13-18)14-17-10-6-4-7-11-17/h4-13,16,21H,14-15H2,1-3H3/p+1/t16-,19-/m1/s1. The Hall–Kier alpha value is -1.64. The molecule has 21 heavy (non-hydrogen) atoms. The molecular weight excluding hydrogens is 258 g/mol. The molecule has 2 rings (SSSR count). The van der Waals surface area contributed by atoms with E-state index < -0.39 is 5.60 Å². The van der Waals surface area contributed by atoms with Crippen LogP contribution in [0.4, 0.5) is 0 Å². The third-order valence-corrected chi connectivity index (χ3v) is 4.12. The normalized spacial score (nSPS) is 15.7. The molecule has 0 bridgehead atoms. The molecule has 2 aromatic carbocycles. The van der Waals surface area contributed by atoms with E-state index in [0.717, 1.165) is 12.1 Å². The predicted octanol–water partition coefficient (Wildman–Crippen LogP) is 1.90. The maximum Gasteiger partial charge on any atom is 0.102 e. The van der Waals surface area contributed by atoms with Crippen molar-refractivity contribution in [3.63, 3.8) is 0 Å². The highest BCUT2D eigenvalue weighted by Crippen LogP contribution is 2.32. The molecule has 0 fully saturated rings. The number of quaternary nitrogens is 1. The Labute approximate surface area is 128 Å². The Morgan fingerprint density at radius 2 is 1.48 bits per heavy atom. The fourth-order valence-corrected chi connectivity index (χ4v) is 2.98. The molecule has 2 aromatic rings. The van der Waals surface area contributed by atoms with Crippen LogP contribution in [0.2, 0.25) is 0 Å². The second-order valence-electron chi connectivity index (χ2n) is 6.26. The molecule has 0 saturated carbocycles. The molecule has 2 nitrogen and oxygen atoms in total. The van der Waals surface area contributed by atoms with Crippen molar-refractivity contribution in [3.8, 4) is 0 Å². The number of nitrogens with one attached hydrogen (secondary N) is 1. The summed E-state index contributed by atoms with van der Waals surface area (Å²) in [6.07, 6.45) is 0.645. The molecule has 2 atom stereocenters. The number of benzene rings is 2. The second-order valence-corrected chi connectivity index (χ2v) is 6.26. The van der Waals surface area contributed by atoms with Crippen LogP contribution in [-0.2, 0) is 12.0 Å². The minimum Gasteiger partial charge on any atom is -0.384 e. The Kier molecular flexibility index (Phi) is 5.16. The molecule has 0 spiro atoms. The lowest BCUT2D eigenvalue weighted by atomic mass is 9.77. The van der Waals surface area contributed by atoms with Gasteiger partial charge in [-0.25, -0.2) is 0 Å². The monoisotopic (exact) mass is 284 g/mol. The maximum atomic E-state index is 11.4. The third-order valence-electron chi connectivity index (χ3n) is 4.12. The Morgan fingerprint density at radius 1 is 0.952 bits per heavy atom. The summed E-state index contributed by atoms with van der Waals surface area (Å²) in [6.45, 7) is 3.07. The zero-order valence-corrected chi connectivity index (χ0v) is 13.2. The van der Waals surface area contributed by atoms with Crippen LogP contribution in [0, 0.1) is 5.92 Å². The van der Waals surface area contributed by atoms with Crippen molar-refractivity contribution in [2.45, 2.75) is 18.9 Å². The zero-order valence-electron chi connectivity index (χ0n) is 13.2. The van der Waals surface area contributed by atoms with Gasteiger partial charge in [0.05, 0.1) is 20.6 Å². The molecule has 0 amide bonds. The summed E-state index contributed by atoms with van der Waals surface area (Å²) in [4.78, 5) is 1.35. The van der Waals surface area contributed by atoms with E-state index in [0.29, 0.717) is 6.42 Å². The van der Waals surface area contributed by atoms with E-state index in [1.165, 1.54) is 10.5 Å². The van der Waals surface area contributed by atoms with Crippen LogP contribution >= 0.6 is 0 Å². The van der Waals surface area contributed by atoms with Gasteiger partial charge in [0.15, 0.2) is 0 Å². The van der Waals surface area contributed by atoms with Crippen molar-refractivity contribution in [2.75, 3.05) is 20.6 Å². The van der Waals surface area contributed by atoms with Crippen molar-refractivity contribution in [1.29, 1.82) is 0 Å². The molecule has 0 saturated heterocycles. The lowest BCUT2D eigenvalue weighted by Gasteiger charge is -2.35. The summed E-state index contributed by atoms with van der Waals surface area (Å²) in [5.74, 6) is 0.171. The highest BCUT2D eigenvalue weighted by molar-refractivity contribution is 5.27. The zero-order chi connectivity index (χ0) is 15.3. The van der Waals surface area contributed by atoms with Gasteiger partial charge in [-0.1, -0.05) is 67.6 Å². The predicted molar refractivity (Wildman–Crippen MR) is 87.3 cm³/mol. The lowest BCUT2D eigenvalue weighted by molar-refractivity contribution is -0.863. The summed E-state index contributed by atoms with van der Waals surface area (Å²) in [5, 5.41) is 11.4. The van der Waals surface area contributed by atoms with Gasteiger partial charge < -0.3 is 10.0 Å². The van der Waals surface area contributed by atoms with Crippen LogP contribution in [-0.4, -0.2) is 25.7 Å². The van der Waals surface area contributed by atoms with E-state index in [-0.39, 0.29) is 5.92 Å². The van der Waals surface area contributed by atoms with Gasteiger partial charge in [-0.05, 0) is 11.1 Å². The van der Waals surface area contributed by atoms with Crippen LogP contribution in [0.15, 0.2) is 60.7 Å². The summed E-state index contributed by atoms with van der Waals surface area (Å²) in [6, 6.07) is 20.3. The maximum absolute atomic E-state index is 11.4. The van der Waals surface area contributed by atoms with Crippen molar-refractivity contribution in [1.82, 2.24) is 0 Å². The molecule has 0 radical (unpaired) electrons. The van der Waals surface area contributed by atoms with Gasteiger partial charge in [0, 0.05) is 12.3 Å². The first-order chi connectivity index (χ1) is 10.0. The fourth-order valence-electron chi connectivity index (χ4n) is 2.98. The molecule has 0 unspecified atom stereocenters. The van der Waals surface area contributed by atoms with Crippen LogP contribution in [0.3, 0.4) is 0 Å². The molecule has 0 heterocycles. The van der Waals surface area contributed by atoms with Crippen LogP contribution in [0.1, 0.15) is 18.1 Å². The van der Waals surface area contributed by atoms with Crippen LogP contribution in [0.25, 0.3) is 0 Å². The molecular formula is C19H26NO+. The summed E-state index contributed by atoms with van der Waals surface area (Å²) in [7, 11) is 4.26. The van der Waals surface area contributed by atoms with E-state index in [1.807, 2.05) is 48.5 Å². The van der Waals surface area contributed by atoms with E-state index in [4.69, 9.17) is 0 Å². The number of hydrogen-bond acceptors (Lipinski definition) is 1. The first kappa shape index (κ1) is 15.7. The van der Waals surface area contributed by atoms with Gasteiger partial charge in [0.2, 0.25) is 0 Å². The first-order valence-corrected chi connectivity index (χ1v) is 7.63. The quantitative estimate of drug-likeness (QED) is 0.832. The smallest absolute Gasteiger partial charge is 0.102 e. The average molecular weight is 284 g/mol. The number of aliphatic hydroxyl groups is 1. The average Bonchev–Trinajstić information content (AvgIpc) is 2.48. The minimum absolute atomic E-state index is 0.171. The largest absolute Gasteiger partial charge is 0.384 e. The molecule has 2 heteroatoms. The van der Waals surface area contributed by atoms with E-state index in [9.17, 15) is 5.11 Å². The van der Waals surface area contributed by atoms with Gasteiger partial charge >= 0.3 is 0 Å². The highest BCUT2D eigenvalue weighted by atomic mass is 16.3. The van der Waals surface area contributed by atoms with Crippen molar-refractivity contribution in [3.05, 3.63) is 71.8 Å².